The largest absolute Gasteiger partial charge is 0.380 e. The molecule has 0 aliphatic carbocycles. The Balaban J connectivity index is 1.62. The molecular weight excluding hydrogens is 472 g/mol. The maximum Gasteiger partial charge on any atom is 0.255 e. The van der Waals surface area contributed by atoms with Gasteiger partial charge in [0, 0.05) is 21.3 Å². The van der Waals surface area contributed by atoms with Gasteiger partial charge in [0.15, 0.2) is 12.2 Å². The standard InChI is InChI=1S/C26H29ClN2O4S/c1-3-21(18-11-8-12-19(27)15-18)29(4-2)26(33)24(31)23(30)25(32)28-16-20-13-14-22(34-20)17-9-6-5-7-10-17/h5-15,21,23-24,30-31H,3-4,16H2,1-2H3,(H,28,32)/t21-,23-,24-/m1/s1. The summed E-state index contributed by atoms with van der Waals surface area (Å²) < 4.78 is 0. The monoisotopic (exact) mass is 500 g/mol. The lowest BCUT2D eigenvalue weighted by atomic mass is 10.0. The van der Waals surface area contributed by atoms with E-state index in [-0.39, 0.29) is 12.6 Å². The smallest absolute Gasteiger partial charge is 0.255 e. The van der Waals surface area contributed by atoms with Gasteiger partial charge in [-0.15, -0.1) is 11.3 Å². The predicted molar refractivity (Wildman–Crippen MR) is 135 cm³/mol. The van der Waals surface area contributed by atoms with Crippen molar-refractivity contribution in [3.05, 3.63) is 82.2 Å². The zero-order valence-electron chi connectivity index (χ0n) is 19.1. The predicted octanol–water partition coefficient (Wildman–Crippen LogP) is 4.41. The number of carbonyl (C=O) groups is 2. The molecule has 1 aromatic heterocycles. The van der Waals surface area contributed by atoms with E-state index in [1.807, 2.05) is 55.5 Å². The van der Waals surface area contributed by atoms with Crippen molar-refractivity contribution in [1.29, 1.82) is 0 Å². The molecular formula is C26H29ClN2O4S. The first-order valence-electron chi connectivity index (χ1n) is 11.2. The minimum absolute atomic E-state index is 0.186. The molecule has 3 rings (SSSR count). The summed E-state index contributed by atoms with van der Waals surface area (Å²) in [7, 11) is 0. The molecule has 2 amide bonds. The molecule has 0 aliphatic heterocycles. The van der Waals surface area contributed by atoms with Crippen molar-refractivity contribution in [2.24, 2.45) is 0 Å². The van der Waals surface area contributed by atoms with E-state index in [1.54, 1.807) is 25.1 Å². The molecule has 3 atom stereocenters. The summed E-state index contributed by atoms with van der Waals surface area (Å²) in [6.45, 7) is 4.19. The maximum atomic E-state index is 13.0. The Morgan fingerprint density at radius 1 is 1.00 bits per heavy atom. The van der Waals surface area contributed by atoms with Crippen LogP contribution >= 0.6 is 22.9 Å². The normalized spacial score (nSPS) is 13.7. The number of rotatable bonds is 10. The maximum absolute atomic E-state index is 13.0. The topological polar surface area (TPSA) is 89.9 Å². The number of aliphatic hydroxyl groups excluding tert-OH is 2. The third-order valence-electron chi connectivity index (χ3n) is 5.60. The van der Waals surface area contributed by atoms with Crippen LogP contribution in [0.25, 0.3) is 10.4 Å². The summed E-state index contributed by atoms with van der Waals surface area (Å²) >= 11 is 7.63. The molecule has 0 aliphatic rings. The molecule has 0 fully saturated rings. The number of nitrogens with one attached hydrogen (secondary N) is 1. The Bertz CT molecular complexity index is 1100. The molecule has 0 saturated heterocycles. The number of hydrogen-bond donors (Lipinski definition) is 3. The van der Waals surface area contributed by atoms with Crippen molar-refractivity contribution in [3.63, 3.8) is 0 Å². The van der Waals surface area contributed by atoms with Gasteiger partial charge in [0.2, 0.25) is 0 Å². The van der Waals surface area contributed by atoms with Crippen molar-refractivity contribution in [2.45, 2.75) is 45.1 Å². The lowest BCUT2D eigenvalue weighted by Gasteiger charge is -2.33. The van der Waals surface area contributed by atoms with E-state index in [0.29, 0.717) is 18.0 Å². The molecule has 180 valence electrons. The van der Waals surface area contributed by atoms with E-state index >= 15 is 0 Å². The molecule has 1 heterocycles. The zero-order chi connectivity index (χ0) is 24.7. The van der Waals surface area contributed by atoms with Gasteiger partial charge in [-0.1, -0.05) is 61.0 Å². The summed E-state index contributed by atoms with van der Waals surface area (Å²) in [6, 6.07) is 20.6. The lowest BCUT2D eigenvalue weighted by Crippen LogP contribution is -2.51. The Kier molecular flexibility index (Phi) is 9.24. The first-order valence-corrected chi connectivity index (χ1v) is 12.4. The number of amides is 2. The molecule has 8 heteroatoms. The Morgan fingerprint density at radius 3 is 2.38 bits per heavy atom. The molecule has 3 aromatic rings. The first kappa shape index (κ1) is 25.9. The van der Waals surface area contributed by atoms with E-state index in [0.717, 1.165) is 20.9 Å². The SMILES string of the molecule is CC[C@H](c1cccc(Cl)c1)N(CC)C(=O)[C@H](O)[C@@H](O)C(=O)NCc1ccc(-c2ccccc2)s1. The van der Waals surface area contributed by atoms with Crippen molar-refractivity contribution in [3.8, 4) is 10.4 Å². The van der Waals surface area contributed by atoms with Crippen molar-refractivity contribution in [2.75, 3.05) is 6.54 Å². The van der Waals surface area contributed by atoms with Crippen LogP contribution in [0.5, 0.6) is 0 Å². The van der Waals surface area contributed by atoms with Crippen molar-refractivity contribution in [1.82, 2.24) is 10.2 Å². The van der Waals surface area contributed by atoms with Crippen LogP contribution in [0, 0.1) is 0 Å². The number of carbonyl (C=O) groups excluding carboxylic acids is 2. The van der Waals surface area contributed by atoms with Crippen LogP contribution in [-0.4, -0.2) is 45.7 Å². The molecule has 3 N–H and O–H groups in total. The second-order valence-electron chi connectivity index (χ2n) is 7.84. The zero-order valence-corrected chi connectivity index (χ0v) is 20.7. The van der Waals surface area contributed by atoms with E-state index in [1.165, 1.54) is 16.2 Å². The van der Waals surface area contributed by atoms with Gasteiger partial charge in [-0.3, -0.25) is 9.59 Å². The fourth-order valence-corrected chi connectivity index (χ4v) is 4.99. The lowest BCUT2D eigenvalue weighted by molar-refractivity contribution is -0.155. The molecule has 0 bridgehead atoms. The number of thiophene rings is 1. The van der Waals surface area contributed by atoms with Gasteiger partial charge < -0.3 is 20.4 Å². The fourth-order valence-electron chi connectivity index (χ4n) is 3.84. The number of aliphatic hydroxyl groups is 2. The van der Waals surface area contributed by atoms with Crippen LogP contribution in [0.2, 0.25) is 5.02 Å². The Morgan fingerprint density at radius 2 is 1.74 bits per heavy atom. The minimum atomic E-state index is -1.88. The summed E-state index contributed by atoms with van der Waals surface area (Å²) in [5, 5.41) is 24.1. The highest BCUT2D eigenvalue weighted by atomic mass is 35.5. The highest BCUT2D eigenvalue weighted by Crippen LogP contribution is 2.28. The number of hydrogen-bond acceptors (Lipinski definition) is 5. The number of likely N-dealkylation sites (N-methyl/N-ethyl adjacent to an activating group) is 1. The molecule has 2 aromatic carbocycles. The highest BCUT2D eigenvalue weighted by molar-refractivity contribution is 7.15. The third-order valence-corrected chi connectivity index (χ3v) is 6.97. The molecule has 0 saturated carbocycles. The van der Waals surface area contributed by atoms with Crippen LogP contribution in [-0.2, 0) is 16.1 Å². The number of halogens is 1. The van der Waals surface area contributed by atoms with Gasteiger partial charge in [0.1, 0.15) is 0 Å². The molecule has 34 heavy (non-hydrogen) atoms. The van der Waals surface area contributed by atoms with E-state index in [9.17, 15) is 19.8 Å². The quantitative estimate of drug-likeness (QED) is 0.384. The van der Waals surface area contributed by atoms with Crippen LogP contribution in [0.15, 0.2) is 66.7 Å². The Hall–Kier alpha value is -2.71. The van der Waals surface area contributed by atoms with E-state index in [2.05, 4.69) is 5.32 Å². The average Bonchev–Trinajstić information content (AvgIpc) is 3.34. The van der Waals surface area contributed by atoms with Crippen LogP contribution < -0.4 is 5.32 Å². The van der Waals surface area contributed by atoms with Gasteiger partial charge in [-0.05, 0) is 48.7 Å². The molecule has 0 spiro atoms. The molecule has 0 radical (unpaired) electrons. The summed E-state index contributed by atoms with van der Waals surface area (Å²) in [5.74, 6) is -1.51. The first-order chi connectivity index (χ1) is 16.3. The van der Waals surface area contributed by atoms with Gasteiger partial charge >= 0.3 is 0 Å². The number of nitrogens with zero attached hydrogens (tertiary/aromatic N) is 1. The number of benzene rings is 2. The van der Waals surface area contributed by atoms with E-state index < -0.39 is 24.0 Å². The summed E-state index contributed by atoms with van der Waals surface area (Å²) in [6.07, 6.45) is -3.18. The fraction of sp³-hybridized carbons (Fsp3) is 0.308. The van der Waals surface area contributed by atoms with Gasteiger partial charge in [-0.2, -0.15) is 0 Å². The van der Waals surface area contributed by atoms with E-state index in [4.69, 9.17) is 11.6 Å². The third kappa shape index (κ3) is 6.24. The highest BCUT2D eigenvalue weighted by Gasteiger charge is 2.35. The van der Waals surface area contributed by atoms with Crippen LogP contribution in [0.3, 0.4) is 0 Å². The minimum Gasteiger partial charge on any atom is -0.380 e. The second-order valence-corrected chi connectivity index (χ2v) is 9.45. The van der Waals surface area contributed by atoms with Gasteiger partial charge in [0.05, 0.1) is 12.6 Å². The summed E-state index contributed by atoms with van der Waals surface area (Å²) in [4.78, 5) is 28.9. The average molecular weight is 501 g/mol. The van der Waals surface area contributed by atoms with Crippen LogP contribution in [0.4, 0.5) is 0 Å². The molecule has 0 unspecified atom stereocenters. The van der Waals surface area contributed by atoms with Crippen molar-refractivity contribution >= 4 is 34.8 Å². The van der Waals surface area contributed by atoms with Crippen molar-refractivity contribution < 1.29 is 19.8 Å². The van der Waals surface area contributed by atoms with Gasteiger partial charge in [0.25, 0.3) is 11.8 Å². The summed E-state index contributed by atoms with van der Waals surface area (Å²) in [5.41, 5.74) is 1.90. The molecule has 6 nitrogen and oxygen atoms in total. The van der Waals surface area contributed by atoms with Gasteiger partial charge in [-0.25, -0.2) is 0 Å². The van der Waals surface area contributed by atoms with Crippen LogP contribution in [0.1, 0.15) is 36.8 Å². The second kappa shape index (κ2) is 12.1. The Labute approximate surface area is 208 Å².